The van der Waals surface area contributed by atoms with E-state index in [2.05, 4.69) is 37.5 Å². The molecule has 0 spiro atoms. The predicted octanol–water partition coefficient (Wildman–Crippen LogP) is 3.70. The Morgan fingerprint density at radius 1 is 1.18 bits per heavy atom. The summed E-state index contributed by atoms with van der Waals surface area (Å²) in [5.74, 6) is -0.611. The van der Waals surface area contributed by atoms with Crippen molar-refractivity contribution in [2.24, 2.45) is 0 Å². The maximum atomic E-state index is 11.7. The number of hydrogen-bond donors (Lipinski definition) is 1. The molecule has 1 heterocycles. The fourth-order valence-corrected chi connectivity index (χ4v) is 2.78. The van der Waals surface area contributed by atoms with Crippen LogP contribution in [0.15, 0.2) is 54.6 Å². The molecule has 0 aliphatic heterocycles. The van der Waals surface area contributed by atoms with Gasteiger partial charge in [0.2, 0.25) is 6.29 Å². The molecule has 3 rings (SSSR count). The molecule has 0 aliphatic rings. The van der Waals surface area contributed by atoms with E-state index >= 15 is 0 Å². The second kappa shape index (κ2) is 7.56. The molecule has 146 valence electrons. The van der Waals surface area contributed by atoms with E-state index in [0.29, 0.717) is 0 Å². The zero-order valence-electron chi connectivity index (χ0n) is 16.6. The first-order valence-electron chi connectivity index (χ1n) is 9.15. The summed E-state index contributed by atoms with van der Waals surface area (Å²) in [7, 11) is 0. The van der Waals surface area contributed by atoms with E-state index in [9.17, 15) is 9.90 Å². The van der Waals surface area contributed by atoms with Gasteiger partial charge in [0.15, 0.2) is 0 Å². The molecule has 0 fully saturated rings. The maximum absolute atomic E-state index is 11.7. The molecule has 0 saturated carbocycles. The van der Waals surface area contributed by atoms with Crippen LogP contribution in [-0.4, -0.2) is 32.4 Å². The van der Waals surface area contributed by atoms with Crippen LogP contribution in [-0.2, 0) is 21.4 Å². The van der Waals surface area contributed by atoms with Crippen LogP contribution in [0.2, 0.25) is 0 Å². The van der Waals surface area contributed by atoms with Gasteiger partial charge in [-0.05, 0) is 47.7 Å². The average Bonchev–Trinajstić information content (AvgIpc) is 3.04. The van der Waals surface area contributed by atoms with E-state index in [1.54, 1.807) is 11.7 Å². The van der Waals surface area contributed by atoms with Gasteiger partial charge in [-0.25, -0.2) is 4.79 Å². The Balaban J connectivity index is 1.97. The normalized spacial score (nSPS) is 12.8. The molecule has 2 aromatic carbocycles. The minimum Gasteiger partial charge on any atom is -0.432 e. The number of carbonyl (C=O) groups is 1. The van der Waals surface area contributed by atoms with Gasteiger partial charge in [0, 0.05) is 12.0 Å². The van der Waals surface area contributed by atoms with Crippen molar-refractivity contribution in [1.82, 2.24) is 15.0 Å². The molecule has 0 radical (unpaired) electrons. The van der Waals surface area contributed by atoms with Gasteiger partial charge in [-0.3, -0.25) is 0 Å². The lowest BCUT2D eigenvalue weighted by Crippen LogP contribution is -2.21. The first-order valence-corrected chi connectivity index (χ1v) is 9.15. The molecule has 1 N–H and O–H groups in total. The lowest BCUT2D eigenvalue weighted by atomic mass is 9.85. The molecule has 1 atom stereocenters. The van der Waals surface area contributed by atoms with Gasteiger partial charge in [-0.1, -0.05) is 45.5 Å². The van der Waals surface area contributed by atoms with Crippen LogP contribution >= 0.6 is 0 Å². The van der Waals surface area contributed by atoms with E-state index in [0.717, 1.165) is 27.8 Å². The lowest BCUT2D eigenvalue weighted by Gasteiger charge is -2.22. The Kier molecular flexibility index (Phi) is 5.34. The van der Waals surface area contributed by atoms with Crippen molar-refractivity contribution in [2.75, 3.05) is 0 Å². The van der Waals surface area contributed by atoms with Crippen LogP contribution in [0.5, 0.6) is 0 Å². The highest BCUT2D eigenvalue weighted by Gasteiger charge is 2.19. The number of carbonyl (C=O) groups excluding carboxylic acids is 1. The number of ether oxygens (including phenoxy) is 1. The summed E-state index contributed by atoms with van der Waals surface area (Å²) in [5, 5.41) is 19.3. The molecule has 1 aromatic heterocycles. The smallest absolute Gasteiger partial charge is 0.335 e. The maximum Gasteiger partial charge on any atom is 0.335 e. The van der Waals surface area contributed by atoms with Crippen molar-refractivity contribution >= 4 is 17.0 Å². The molecule has 0 saturated heterocycles. The first-order chi connectivity index (χ1) is 13.1. The van der Waals surface area contributed by atoms with E-state index < -0.39 is 12.3 Å². The van der Waals surface area contributed by atoms with Crippen LogP contribution in [0.25, 0.3) is 16.7 Å². The van der Waals surface area contributed by atoms with Crippen LogP contribution in [0.1, 0.15) is 38.8 Å². The molecule has 0 aliphatic carbocycles. The topological polar surface area (TPSA) is 77.2 Å². The summed E-state index contributed by atoms with van der Waals surface area (Å²) in [4.78, 5) is 13.2. The van der Waals surface area contributed by atoms with E-state index in [1.807, 2.05) is 42.5 Å². The fraction of sp³-hybridized carbons (Fsp3) is 0.318. The van der Waals surface area contributed by atoms with Crippen molar-refractivity contribution in [3.8, 4) is 5.69 Å². The standard InChI is InChI=1S/C22H25N3O3/c1-14(2)21(27)28-20(26)12-15-10-16(22(3,4)5)13-17(11-15)25-23-18-8-6-7-9-19(18)24-25/h6-11,13,20,26H,1,12H2,2-5H3. The van der Waals surface area contributed by atoms with Crippen molar-refractivity contribution in [1.29, 1.82) is 0 Å². The highest BCUT2D eigenvalue weighted by molar-refractivity contribution is 5.87. The Morgan fingerprint density at radius 3 is 2.32 bits per heavy atom. The summed E-state index contributed by atoms with van der Waals surface area (Å²) in [5.41, 5.74) is 4.43. The van der Waals surface area contributed by atoms with Crippen molar-refractivity contribution < 1.29 is 14.6 Å². The van der Waals surface area contributed by atoms with Crippen LogP contribution < -0.4 is 0 Å². The number of hydrogen-bond acceptors (Lipinski definition) is 5. The minimum absolute atomic E-state index is 0.114. The molecule has 6 nitrogen and oxygen atoms in total. The quantitative estimate of drug-likeness (QED) is 0.415. The number of aromatic nitrogens is 3. The monoisotopic (exact) mass is 379 g/mol. The summed E-state index contributed by atoms with van der Waals surface area (Å²) < 4.78 is 5.01. The summed E-state index contributed by atoms with van der Waals surface area (Å²) in [6.07, 6.45) is -1.09. The van der Waals surface area contributed by atoms with Crippen LogP contribution in [0, 0.1) is 0 Å². The van der Waals surface area contributed by atoms with Gasteiger partial charge >= 0.3 is 5.97 Å². The third kappa shape index (κ3) is 4.46. The molecular weight excluding hydrogens is 354 g/mol. The fourth-order valence-electron chi connectivity index (χ4n) is 2.78. The van der Waals surface area contributed by atoms with Crippen molar-refractivity contribution in [3.05, 3.63) is 65.7 Å². The van der Waals surface area contributed by atoms with Crippen molar-refractivity contribution in [3.63, 3.8) is 0 Å². The van der Waals surface area contributed by atoms with E-state index in [1.165, 1.54) is 0 Å². The molecule has 28 heavy (non-hydrogen) atoms. The van der Waals surface area contributed by atoms with Crippen LogP contribution in [0.3, 0.4) is 0 Å². The first kappa shape index (κ1) is 19.8. The summed E-state index contributed by atoms with van der Waals surface area (Å²) >= 11 is 0. The number of esters is 1. The predicted molar refractivity (Wildman–Crippen MR) is 108 cm³/mol. The molecule has 3 aromatic rings. The summed E-state index contributed by atoms with van der Waals surface area (Å²) in [6.45, 7) is 11.4. The van der Waals surface area contributed by atoms with Crippen molar-refractivity contribution in [2.45, 2.75) is 45.8 Å². The number of nitrogens with zero attached hydrogens (tertiary/aromatic N) is 3. The third-order valence-electron chi connectivity index (χ3n) is 4.36. The van der Waals surface area contributed by atoms with Gasteiger partial charge in [-0.2, -0.15) is 4.80 Å². The largest absolute Gasteiger partial charge is 0.432 e. The zero-order chi connectivity index (χ0) is 20.5. The third-order valence-corrected chi connectivity index (χ3v) is 4.36. The van der Waals surface area contributed by atoms with Gasteiger partial charge < -0.3 is 9.84 Å². The highest BCUT2D eigenvalue weighted by Crippen LogP contribution is 2.27. The molecule has 0 amide bonds. The minimum atomic E-state index is -1.25. The Labute approximate surface area is 164 Å². The van der Waals surface area contributed by atoms with Crippen LogP contribution in [0.4, 0.5) is 0 Å². The van der Waals surface area contributed by atoms with Gasteiger partial charge in [-0.15, -0.1) is 10.2 Å². The Morgan fingerprint density at radius 2 is 1.79 bits per heavy atom. The second-order valence-electron chi connectivity index (χ2n) is 7.96. The highest BCUT2D eigenvalue weighted by atomic mass is 16.6. The number of fused-ring (bicyclic) bond motifs is 1. The molecule has 0 bridgehead atoms. The van der Waals surface area contributed by atoms with E-state index in [4.69, 9.17) is 4.74 Å². The number of benzene rings is 2. The molecular formula is C22H25N3O3. The van der Waals surface area contributed by atoms with Gasteiger partial charge in [0.25, 0.3) is 0 Å². The van der Waals surface area contributed by atoms with E-state index in [-0.39, 0.29) is 17.4 Å². The number of aliphatic hydroxyl groups excluding tert-OH is 1. The zero-order valence-corrected chi connectivity index (χ0v) is 16.6. The average molecular weight is 379 g/mol. The number of aliphatic hydroxyl groups is 1. The molecule has 1 unspecified atom stereocenters. The number of rotatable bonds is 5. The van der Waals surface area contributed by atoms with Gasteiger partial charge in [0.05, 0.1) is 5.69 Å². The second-order valence-corrected chi connectivity index (χ2v) is 7.96. The Bertz CT molecular complexity index is 998. The Hall–Kier alpha value is -2.99. The summed E-state index contributed by atoms with van der Waals surface area (Å²) in [6, 6.07) is 13.6. The lowest BCUT2D eigenvalue weighted by molar-refractivity contribution is -0.162. The molecule has 6 heteroatoms. The van der Waals surface area contributed by atoms with Gasteiger partial charge in [0.1, 0.15) is 11.0 Å². The SMILES string of the molecule is C=C(C)C(=O)OC(O)Cc1cc(-n2nc3ccccc3n2)cc(C(C)(C)C)c1.